The van der Waals surface area contributed by atoms with E-state index in [4.69, 9.17) is 5.73 Å². The number of amides is 1. The first kappa shape index (κ1) is 18.1. The van der Waals surface area contributed by atoms with Crippen LogP contribution in [0.5, 0.6) is 5.75 Å². The van der Waals surface area contributed by atoms with Crippen LogP contribution in [-0.4, -0.2) is 23.0 Å². The second-order valence-corrected chi connectivity index (χ2v) is 6.50. The molecule has 0 saturated carbocycles. The molecule has 1 atom stereocenters. The minimum Gasteiger partial charge on any atom is -0.507 e. The molecule has 1 unspecified atom stereocenters. The smallest absolute Gasteiger partial charge is 0.242 e. The SMILES string of the molecule is C=C(N)N(C)C(=O)C(CC)(c1ccccc1)c1ccc(O)c(Br)c1. The third-order valence-electron chi connectivity index (χ3n) is 4.34. The Balaban J connectivity index is 2.75. The first-order valence-electron chi connectivity index (χ1n) is 7.61. The molecule has 1 amide bonds. The van der Waals surface area contributed by atoms with Crippen molar-refractivity contribution >= 4 is 21.8 Å². The van der Waals surface area contributed by atoms with Crippen molar-refractivity contribution in [3.8, 4) is 5.75 Å². The van der Waals surface area contributed by atoms with Crippen molar-refractivity contribution in [3.05, 3.63) is 76.5 Å². The van der Waals surface area contributed by atoms with Gasteiger partial charge in [-0.1, -0.05) is 49.9 Å². The van der Waals surface area contributed by atoms with E-state index in [0.717, 1.165) is 11.1 Å². The van der Waals surface area contributed by atoms with Gasteiger partial charge in [0, 0.05) is 7.05 Å². The van der Waals surface area contributed by atoms with Gasteiger partial charge in [0.2, 0.25) is 5.91 Å². The van der Waals surface area contributed by atoms with Gasteiger partial charge in [0.05, 0.1) is 15.7 Å². The highest BCUT2D eigenvalue weighted by molar-refractivity contribution is 9.10. The summed E-state index contributed by atoms with van der Waals surface area (Å²) < 4.78 is 0.538. The van der Waals surface area contributed by atoms with Crippen molar-refractivity contribution in [2.45, 2.75) is 18.8 Å². The standard InChI is InChI=1S/C19H21BrN2O2/c1-4-19(14-8-6-5-7-9-14,18(24)22(3)13(2)21)15-10-11-17(23)16(20)12-15/h5-12,23H,2,4,21H2,1,3H3. The van der Waals surface area contributed by atoms with Gasteiger partial charge < -0.3 is 15.7 Å². The normalized spacial score (nSPS) is 13.1. The number of phenols is 1. The zero-order valence-electron chi connectivity index (χ0n) is 13.8. The van der Waals surface area contributed by atoms with Gasteiger partial charge in [-0.05, 0) is 45.6 Å². The average Bonchev–Trinajstić information content (AvgIpc) is 2.59. The maximum atomic E-state index is 13.3. The summed E-state index contributed by atoms with van der Waals surface area (Å²) in [6.07, 6.45) is 0.532. The molecule has 3 N–H and O–H groups in total. The molecule has 0 spiro atoms. The minimum atomic E-state index is -0.922. The number of nitrogens with zero attached hydrogens (tertiary/aromatic N) is 1. The van der Waals surface area contributed by atoms with E-state index < -0.39 is 5.41 Å². The largest absolute Gasteiger partial charge is 0.507 e. The van der Waals surface area contributed by atoms with Gasteiger partial charge >= 0.3 is 0 Å². The third-order valence-corrected chi connectivity index (χ3v) is 4.97. The summed E-state index contributed by atoms with van der Waals surface area (Å²) in [6, 6.07) is 14.7. The molecule has 0 bridgehead atoms. The summed E-state index contributed by atoms with van der Waals surface area (Å²) in [5, 5.41) is 9.81. The molecule has 24 heavy (non-hydrogen) atoms. The molecule has 2 aromatic rings. The van der Waals surface area contributed by atoms with Gasteiger partial charge in [-0.15, -0.1) is 0 Å². The number of carbonyl (C=O) groups is 1. The van der Waals surface area contributed by atoms with Crippen LogP contribution in [0.25, 0.3) is 0 Å². The van der Waals surface area contributed by atoms with Crippen LogP contribution in [0.1, 0.15) is 24.5 Å². The molecular formula is C19H21BrN2O2. The first-order valence-corrected chi connectivity index (χ1v) is 8.41. The lowest BCUT2D eigenvalue weighted by molar-refractivity contribution is -0.133. The van der Waals surface area contributed by atoms with Crippen molar-refractivity contribution in [3.63, 3.8) is 0 Å². The van der Waals surface area contributed by atoms with Gasteiger partial charge in [-0.3, -0.25) is 4.79 Å². The Labute approximate surface area is 150 Å². The second-order valence-electron chi connectivity index (χ2n) is 5.65. The average molecular weight is 389 g/mol. The molecule has 2 aromatic carbocycles. The number of hydrogen-bond donors (Lipinski definition) is 2. The van der Waals surface area contributed by atoms with Crippen LogP contribution in [0.4, 0.5) is 0 Å². The molecule has 126 valence electrons. The number of nitrogens with two attached hydrogens (primary N) is 1. The molecule has 0 saturated heterocycles. The van der Waals surface area contributed by atoms with Crippen LogP contribution < -0.4 is 5.73 Å². The fraction of sp³-hybridized carbons (Fsp3) is 0.211. The number of carbonyl (C=O) groups excluding carboxylic acids is 1. The molecule has 0 aliphatic carbocycles. The molecule has 0 fully saturated rings. The van der Waals surface area contributed by atoms with Crippen LogP contribution in [0, 0.1) is 0 Å². The van der Waals surface area contributed by atoms with Crippen molar-refractivity contribution < 1.29 is 9.90 Å². The summed E-state index contributed by atoms with van der Waals surface area (Å²) in [6.45, 7) is 5.63. The number of benzene rings is 2. The van der Waals surface area contributed by atoms with E-state index >= 15 is 0 Å². The van der Waals surface area contributed by atoms with E-state index in [2.05, 4.69) is 22.5 Å². The fourth-order valence-corrected chi connectivity index (χ4v) is 3.26. The quantitative estimate of drug-likeness (QED) is 0.819. The van der Waals surface area contributed by atoms with Gasteiger partial charge in [-0.25, -0.2) is 0 Å². The molecule has 0 heterocycles. The highest BCUT2D eigenvalue weighted by Gasteiger charge is 2.42. The zero-order chi connectivity index (χ0) is 17.9. The number of rotatable bonds is 5. The maximum Gasteiger partial charge on any atom is 0.242 e. The Kier molecular flexibility index (Phi) is 5.34. The number of aromatic hydroxyl groups is 1. The lowest BCUT2D eigenvalue weighted by atomic mass is 9.71. The monoisotopic (exact) mass is 388 g/mol. The number of phenolic OH excluding ortho intramolecular Hbond substituents is 1. The van der Waals surface area contributed by atoms with E-state index in [1.807, 2.05) is 37.3 Å². The van der Waals surface area contributed by atoms with Crippen LogP contribution in [0.2, 0.25) is 0 Å². The summed E-state index contributed by atoms with van der Waals surface area (Å²) in [7, 11) is 1.62. The first-order chi connectivity index (χ1) is 11.3. The molecule has 5 heteroatoms. The van der Waals surface area contributed by atoms with Gasteiger partial charge in [0.1, 0.15) is 5.75 Å². The number of likely N-dealkylation sites (N-methyl/N-ethyl adjacent to an activating group) is 1. The van der Waals surface area contributed by atoms with E-state index in [-0.39, 0.29) is 17.5 Å². The Hall–Kier alpha value is -2.27. The van der Waals surface area contributed by atoms with Gasteiger partial charge in [0.15, 0.2) is 0 Å². The summed E-state index contributed by atoms with van der Waals surface area (Å²) in [5.74, 6) is 0.147. The molecule has 0 radical (unpaired) electrons. The van der Waals surface area contributed by atoms with Crippen LogP contribution in [0.15, 0.2) is 65.4 Å². The topological polar surface area (TPSA) is 66.6 Å². The maximum absolute atomic E-state index is 13.3. The van der Waals surface area contributed by atoms with Gasteiger partial charge in [-0.2, -0.15) is 0 Å². The van der Waals surface area contributed by atoms with Crippen molar-refractivity contribution in [2.24, 2.45) is 5.73 Å². The Morgan fingerprint density at radius 1 is 1.25 bits per heavy atom. The molecular weight excluding hydrogens is 368 g/mol. The number of hydrogen-bond acceptors (Lipinski definition) is 3. The number of halogens is 1. The molecule has 0 aliphatic heterocycles. The fourth-order valence-electron chi connectivity index (χ4n) is 2.88. The Morgan fingerprint density at radius 2 is 1.88 bits per heavy atom. The van der Waals surface area contributed by atoms with Crippen LogP contribution in [-0.2, 0) is 10.2 Å². The van der Waals surface area contributed by atoms with E-state index in [9.17, 15) is 9.90 Å². The summed E-state index contributed by atoms with van der Waals surface area (Å²) >= 11 is 3.34. The van der Waals surface area contributed by atoms with Crippen molar-refractivity contribution in [2.75, 3.05) is 7.05 Å². The van der Waals surface area contributed by atoms with Crippen molar-refractivity contribution in [1.82, 2.24) is 4.90 Å². The minimum absolute atomic E-state index is 0.126. The lowest BCUT2D eigenvalue weighted by Gasteiger charge is -2.36. The van der Waals surface area contributed by atoms with E-state index in [1.165, 1.54) is 4.90 Å². The third kappa shape index (κ3) is 3.04. The molecule has 2 rings (SSSR count). The molecule has 4 nitrogen and oxygen atoms in total. The highest BCUT2D eigenvalue weighted by atomic mass is 79.9. The molecule has 0 aromatic heterocycles. The second kappa shape index (κ2) is 7.09. The zero-order valence-corrected chi connectivity index (χ0v) is 15.4. The lowest BCUT2D eigenvalue weighted by Crippen LogP contribution is -2.46. The highest BCUT2D eigenvalue weighted by Crippen LogP contribution is 2.40. The molecule has 0 aliphatic rings. The predicted octanol–water partition coefficient (Wildman–Crippen LogP) is 3.74. The van der Waals surface area contributed by atoms with E-state index in [0.29, 0.717) is 10.9 Å². The summed E-state index contributed by atoms with van der Waals surface area (Å²) in [4.78, 5) is 14.7. The van der Waals surface area contributed by atoms with Crippen LogP contribution >= 0.6 is 15.9 Å². The van der Waals surface area contributed by atoms with Gasteiger partial charge in [0.25, 0.3) is 0 Å². The van der Waals surface area contributed by atoms with Crippen molar-refractivity contribution in [1.29, 1.82) is 0 Å². The Morgan fingerprint density at radius 3 is 2.38 bits per heavy atom. The Bertz CT molecular complexity index is 761. The van der Waals surface area contributed by atoms with Crippen LogP contribution in [0.3, 0.4) is 0 Å². The van der Waals surface area contributed by atoms with E-state index in [1.54, 1.807) is 25.2 Å². The summed E-state index contributed by atoms with van der Waals surface area (Å²) in [5.41, 5.74) is 6.48. The predicted molar refractivity (Wildman–Crippen MR) is 99.4 cm³/mol.